The topological polar surface area (TPSA) is 20.2 Å². The van der Waals surface area contributed by atoms with Crippen molar-refractivity contribution < 1.29 is 13.9 Å². The van der Waals surface area contributed by atoms with Gasteiger partial charge in [-0.05, 0) is 5.56 Å². The maximum Gasteiger partial charge on any atom is 0.127 e. The summed E-state index contributed by atoms with van der Waals surface area (Å²) < 4.78 is 25.4. The molecule has 0 aliphatic rings. The first kappa shape index (κ1) is 12.6. The maximum absolute atomic E-state index is 12.7. The van der Waals surface area contributed by atoms with Gasteiger partial charge < -0.3 is 5.11 Å². The minimum atomic E-state index is -0.895. The van der Waals surface area contributed by atoms with Crippen molar-refractivity contribution in [2.45, 2.75) is 5.92 Å². The fourth-order valence-electron chi connectivity index (χ4n) is 1.95. The van der Waals surface area contributed by atoms with Crippen molar-refractivity contribution in [1.82, 2.24) is 0 Å². The molecule has 18 heavy (non-hydrogen) atoms. The second-order valence-corrected chi connectivity index (χ2v) is 4.11. The summed E-state index contributed by atoms with van der Waals surface area (Å²) in [6.07, 6.45) is 0. The molecular formula is C15H14F2O. The van der Waals surface area contributed by atoms with Crippen LogP contribution in [0, 0.1) is 0 Å². The summed E-state index contributed by atoms with van der Waals surface area (Å²) in [5, 5.41) is 10.1. The Kier molecular flexibility index (Phi) is 3.92. The van der Waals surface area contributed by atoms with Crippen molar-refractivity contribution in [2.24, 2.45) is 0 Å². The zero-order chi connectivity index (χ0) is 13.0. The zero-order valence-electron chi connectivity index (χ0n) is 9.81. The fraction of sp³-hybridized carbons (Fsp3) is 0.200. The predicted molar refractivity (Wildman–Crippen MR) is 68.2 cm³/mol. The van der Waals surface area contributed by atoms with E-state index in [9.17, 15) is 13.9 Å². The Morgan fingerprint density at radius 1 is 0.889 bits per heavy atom. The number of alkyl halides is 2. The molecule has 0 aliphatic carbocycles. The molecule has 0 radical (unpaired) electrons. The minimum Gasteiger partial charge on any atom is -0.507 e. The quantitative estimate of drug-likeness (QED) is 0.864. The Morgan fingerprint density at radius 2 is 1.56 bits per heavy atom. The van der Waals surface area contributed by atoms with E-state index < -0.39 is 19.3 Å². The monoisotopic (exact) mass is 248 g/mol. The molecule has 0 atom stereocenters. The summed E-state index contributed by atoms with van der Waals surface area (Å²) in [5.74, 6) is -0.933. The van der Waals surface area contributed by atoms with Gasteiger partial charge in [-0.3, -0.25) is 8.78 Å². The van der Waals surface area contributed by atoms with E-state index in [1.54, 1.807) is 18.2 Å². The number of benzene rings is 2. The van der Waals surface area contributed by atoms with Gasteiger partial charge in [0.2, 0.25) is 0 Å². The smallest absolute Gasteiger partial charge is 0.127 e. The number of hydrogen-bond donors (Lipinski definition) is 1. The van der Waals surface area contributed by atoms with Crippen molar-refractivity contribution in [2.75, 3.05) is 13.3 Å². The van der Waals surface area contributed by atoms with E-state index in [2.05, 4.69) is 0 Å². The molecule has 0 heterocycles. The van der Waals surface area contributed by atoms with Crippen LogP contribution in [0.2, 0.25) is 0 Å². The third-order valence-corrected chi connectivity index (χ3v) is 2.96. The lowest BCUT2D eigenvalue weighted by molar-refractivity contribution is 0.344. The molecule has 1 nitrogen and oxygen atoms in total. The molecule has 0 saturated heterocycles. The second kappa shape index (κ2) is 5.63. The Hall–Kier alpha value is -1.90. The van der Waals surface area contributed by atoms with Crippen LogP contribution >= 0.6 is 0 Å². The summed E-state index contributed by atoms with van der Waals surface area (Å²) in [7, 11) is 0. The lowest BCUT2D eigenvalue weighted by atomic mass is 9.95. The number of hydrogen-bond acceptors (Lipinski definition) is 1. The summed E-state index contributed by atoms with van der Waals surface area (Å²) in [6, 6.07) is 14.3. The van der Waals surface area contributed by atoms with E-state index >= 15 is 0 Å². The van der Waals surface area contributed by atoms with Crippen LogP contribution in [0.25, 0.3) is 11.1 Å². The molecule has 0 unspecified atom stereocenters. The standard InChI is InChI=1S/C15H14F2O/c16-9-12(10-17)14-8-4-7-13(15(14)18)11-5-2-1-3-6-11/h1-8,12,18H,9-10H2. The highest BCUT2D eigenvalue weighted by molar-refractivity contribution is 5.72. The van der Waals surface area contributed by atoms with E-state index in [0.717, 1.165) is 5.56 Å². The second-order valence-electron chi connectivity index (χ2n) is 4.11. The number of para-hydroxylation sites is 1. The highest BCUT2D eigenvalue weighted by Gasteiger charge is 2.17. The van der Waals surface area contributed by atoms with E-state index in [1.807, 2.05) is 30.3 Å². The van der Waals surface area contributed by atoms with Crippen molar-refractivity contribution >= 4 is 0 Å². The van der Waals surface area contributed by atoms with E-state index in [0.29, 0.717) is 11.1 Å². The number of halogens is 2. The predicted octanol–water partition coefficient (Wildman–Crippen LogP) is 4.08. The molecule has 0 fully saturated rings. The Morgan fingerprint density at radius 3 is 2.17 bits per heavy atom. The van der Waals surface area contributed by atoms with Gasteiger partial charge in [0, 0.05) is 17.0 Å². The Labute approximate surface area is 105 Å². The molecule has 94 valence electrons. The lowest BCUT2D eigenvalue weighted by Gasteiger charge is -2.14. The van der Waals surface area contributed by atoms with Crippen LogP contribution in [0.4, 0.5) is 8.78 Å². The SMILES string of the molecule is Oc1c(-c2ccccc2)cccc1C(CF)CF. The summed E-state index contributed by atoms with van der Waals surface area (Å²) in [4.78, 5) is 0. The zero-order valence-corrected chi connectivity index (χ0v) is 9.81. The van der Waals surface area contributed by atoms with Crippen LogP contribution in [0.15, 0.2) is 48.5 Å². The molecule has 0 spiro atoms. The number of rotatable bonds is 4. The van der Waals surface area contributed by atoms with E-state index in [-0.39, 0.29) is 5.75 Å². The maximum atomic E-state index is 12.7. The third kappa shape index (κ3) is 2.35. The molecule has 2 aromatic carbocycles. The van der Waals surface area contributed by atoms with Gasteiger partial charge in [0.1, 0.15) is 5.75 Å². The molecule has 2 aromatic rings. The molecular weight excluding hydrogens is 234 g/mol. The molecule has 0 saturated carbocycles. The van der Waals surface area contributed by atoms with Crippen LogP contribution < -0.4 is 0 Å². The van der Waals surface area contributed by atoms with Crippen molar-refractivity contribution in [3.8, 4) is 16.9 Å². The van der Waals surface area contributed by atoms with Gasteiger partial charge in [-0.1, -0.05) is 48.5 Å². The molecule has 0 aliphatic heterocycles. The lowest BCUT2D eigenvalue weighted by Crippen LogP contribution is -2.04. The van der Waals surface area contributed by atoms with Crippen molar-refractivity contribution in [1.29, 1.82) is 0 Å². The largest absolute Gasteiger partial charge is 0.507 e. The van der Waals surface area contributed by atoms with Gasteiger partial charge in [-0.2, -0.15) is 0 Å². The Bertz CT molecular complexity index is 507. The van der Waals surface area contributed by atoms with Crippen LogP contribution in [0.1, 0.15) is 11.5 Å². The number of phenols is 1. The summed E-state index contributed by atoms with van der Waals surface area (Å²) >= 11 is 0. The molecule has 0 aromatic heterocycles. The average Bonchev–Trinajstić information content (AvgIpc) is 2.43. The first-order valence-corrected chi connectivity index (χ1v) is 5.77. The van der Waals surface area contributed by atoms with Crippen LogP contribution in [-0.2, 0) is 0 Å². The van der Waals surface area contributed by atoms with Crippen molar-refractivity contribution in [3.05, 3.63) is 54.1 Å². The first-order chi connectivity index (χ1) is 8.77. The summed E-state index contributed by atoms with van der Waals surface area (Å²) in [6.45, 7) is -1.63. The average molecular weight is 248 g/mol. The van der Waals surface area contributed by atoms with Gasteiger partial charge in [0.15, 0.2) is 0 Å². The third-order valence-electron chi connectivity index (χ3n) is 2.96. The van der Waals surface area contributed by atoms with Crippen LogP contribution in [0.3, 0.4) is 0 Å². The van der Waals surface area contributed by atoms with Crippen LogP contribution in [-0.4, -0.2) is 18.5 Å². The minimum absolute atomic E-state index is 0.0380. The molecule has 0 amide bonds. The van der Waals surface area contributed by atoms with Gasteiger partial charge >= 0.3 is 0 Å². The Balaban J connectivity index is 2.48. The van der Waals surface area contributed by atoms with Gasteiger partial charge in [-0.15, -0.1) is 0 Å². The first-order valence-electron chi connectivity index (χ1n) is 5.77. The van der Waals surface area contributed by atoms with Crippen molar-refractivity contribution in [3.63, 3.8) is 0 Å². The highest BCUT2D eigenvalue weighted by atomic mass is 19.1. The fourth-order valence-corrected chi connectivity index (χ4v) is 1.95. The van der Waals surface area contributed by atoms with Gasteiger partial charge in [0.25, 0.3) is 0 Å². The van der Waals surface area contributed by atoms with E-state index in [4.69, 9.17) is 0 Å². The van der Waals surface area contributed by atoms with Gasteiger partial charge in [0.05, 0.1) is 13.3 Å². The van der Waals surface area contributed by atoms with Crippen LogP contribution in [0.5, 0.6) is 5.75 Å². The molecule has 3 heteroatoms. The number of phenolic OH excluding ortho intramolecular Hbond substituents is 1. The highest BCUT2D eigenvalue weighted by Crippen LogP contribution is 2.36. The molecule has 2 rings (SSSR count). The summed E-state index contributed by atoms with van der Waals surface area (Å²) in [5.41, 5.74) is 1.75. The molecule has 0 bridgehead atoms. The van der Waals surface area contributed by atoms with E-state index in [1.165, 1.54) is 0 Å². The van der Waals surface area contributed by atoms with Gasteiger partial charge in [-0.25, -0.2) is 0 Å². The normalized spacial score (nSPS) is 10.8. The number of aromatic hydroxyl groups is 1. The molecule has 1 N–H and O–H groups in total.